The number of hydrogen-bond acceptors (Lipinski definition) is 5. The number of hydrogen-bond donors (Lipinski definition) is 1. The standard InChI is InChI=1S/C12H20N2O3S/c1-5-6-8(2)14(3)12-13-9(7-17-4)10(18-12)11(15)16/h8H,5-7H2,1-4H3,(H,15,16). The van der Waals surface area contributed by atoms with Gasteiger partial charge in [0, 0.05) is 20.2 Å². The van der Waals surface area contributed by atoms with E-state index in [4.69, 9.17) is 9.84 Å². The van der Waals surface area contributed by atoms with Gasteiger partial charge in [-0.15, -0.1) is 0 Å². The first-order chi connectivity index (χ1) is 8.51. The molecule has 18 heavy (non-hydrogen) atoms. The molecule has 1 rings (SSSR count). The Balaban J connectivity index is 2.96. The molecule has 0 radical (unpaired) electrons. The molecule has 0 saturated carbocycles. The van der Waals surface area contributed by atoms with E-state index in [2.05, 4.69) is 18.8 Å². The molecule has 0 bridgehead atoms. The fourth-order valence-corrected chi connectivity index (χ4v) is 2.66. The monoisotopic (exact) mass is 272 g/mol. The Kier molecular flexibility index (Phi) is 5.55. The van der Waals surface area contributed by atoms with E-state index in [1.54, 1.807) is 0 Å². The van der Waals surface area contributed by atoms with E-state index in [0.717, 1.165) is 18.0 Å². The van der Waals surface area contributed by atoms with Gasteiger partial charge in [0.25, 0.3) is 0 Å². The molecule has 0 fully saturated rings. The maximum absolute atomic E-state index is 11.1. The van der Waals surface area contributed by atoms with Gasteiger partial charge in [-0.05, 0) is 13.3 Å². The van der Waals surface area contributed by atoms with Crippen molar-refractivity contribution in [1.82, 2.24) is 4.98 Å². The second-order valence-corrected chi connectivity index (χ2v) is 5.24. The molecule has 0 saturated heterocycles. The van der Waals surface area contributed by atoms with Crippen molar-refractivity contribution in [2.24, 2.45) is 0 Å². The zero-order chi connectivity index (χ0) is 13.7. The Labute approximate surface area is 111 Å². The molecule has 1 aromatic rings. The van der Waals surface area contributed by atoms with Crippen molar-refractivity contribution in [3.8, 4) is 0 Å². The predicted octanol–water partition coefficient (Wildman–Crippen LogP) is 2.61. The maximum atomic E-state index is 11.1. The summed E-state index contributed by atoms with van der Waals surface area (Å²) in [6, 6.07) is 0.346. The molecule has 1 atom stereocenters. The summed E-state index contributed by atoms with van der Waals surface area (Å²) in [5.41, 5.74) is 0.501. The Morgan fingerprint density at radius 3 is 2.78 bits per heavy atom. The van der Waals surface area contributed by atoms with Gasteiger partial charge < -0.3 is 14.7 Å². The van der Waals surface area contributed by atoms with Crippen LogP contribution in [0.3, 0.4) is 0 Å². The van der Waals surface area contributed by atoms with Crippen LogP contribution < -0.4 is 4.90 Å². The van der Waals surface area contributed by atoms with Gasteiger partial charge in [-0.1, -0.05) is 24.7 Å². The molecule has 1 heterocycles. The summed E-state index contributed by atoms with van der Waals surface area (Å²) in [6.45, 7) is 4.47. The lowest BCUT2D eigenvalue weighted by atomic mass is 10.2. The lowest BCUT2D eigenvalue weighted by molar-refractivity contribution is 0.0697. The molecular formula is C12H20N2O3S. The smallest absolute Gasteiger partial charge is 0.347 e. The molecule has 1 aromatic heterocycles. The Hall–Kier alpha value is -1.14. The van der Waals surface area contributed by atoms with E-state index in [1.807, 2.05) is 11.9 Å². The number of carboxylic acids is 1. The first-order valence-corrected chi connectivity index (χ1v) is 6.77. The molecule has 1 N–H and O–H groups in total. The third kappa shape index (κ3) is 3.43. The van der Waals surface area contributed by atoms with Gasteiger partial charge in [0.15, 0.2) is 5.13 Å². The number of carbonyl (C=O) groups is 1. The number of aromatic nitrogens is 1. The lowest BCUT2D eigenvalue weighted by Crippen LogP contribution is -2.28. The van der Waals surface area contributed by atoms with E-state index in [1.165, 1.54) is 18.4 Å². The molecule has 0 aromatic carbocycles. The molecule has 0 aliphatic rings. The van der Waals surface area contributed by atoms with Crippen LogP contribution in [0.5, 0.6) is 0 Å². The minimum Gasteiger partial charge on any atom is -0.477 e. The molecule has 5 nitrogen and oxygen atoms in total. The van der Waals surface area contributed by atoms with Crippen LogP contribution in [0, 0.1) is 0 Å². The first kappa shape index (κ1) is 14.9. The van der Waals surface area contributed by atoms with Gasteiger partial charge in [-0.2, -0.15) is 0 Å². The van der Waals surface area contributed by atoms with Crippen LogP contribution >= 0.6 is 11.3 Å². The van der Waals surface area contributed by atoms with E-state index in [9.17, 15) is 4.79 Å². The van der Waals surface area contributed by atoms with Crippen LogP contribution in [0.4, 0.5) is 5.13 Å². The van der Waals surface area contributed by atoms with Crippen molar-refractivity contribution in [1.29, 1.82) is 0 Å². The summed E-state index contributed by atoms with van der Waals surface area (Å²) in [7, 11) is 3.48. The van der Waals surface area contributed by atoms with Crippen molar-refractivity contribution in [3.63, 3.8) is 0 Å². The van der Waals surface area contributed by atoms with Crippen LogP contribution in [0.15, 0.2) is 0 Å². The fourth-order valence-electron chi connectivity index (χ4n) is 1.69. The van der Waals surface area contributed by atoms with Gasteiger partial charge in [0.2, 0.25) is 0 Å². The van der Waals surface area contributed by atoms with E-state index >= 15 is 0 Å². The second kappa shape index (κ2) is 6.70. The SMILES string of the molecule is CCCC(C)N(C)c1nc(COC)c(C(=O)O)s1. The molecular weight excluding hydrogens is 252 g/mol. The van der Waals surface area contributed by atoms with Crippen molar-refractivity contribution < 1.29 is 14.6 Å². The molecule has 6 heteroatoms. The van der Waals surface area contributed by atoms with Gasteiger partial charge in [-0.25, -0.2) is 9.78 Å². The highest BCUT2D eigenvalue weighted by Gasteiger charge is 2.20. The summed E-state index contributed by atoms with van der Waals surface area (Å²) in [6.07, 6.45) is 2.14. The van der Waals surface area contributed by atoms with Crippen LogP contribution in [-0.2, 0) is 11.3 Å². The van der Waals surface area contributed by atoms with Crippen molar-refractivity contribution in [2.45, 2.75) is 39.3 Å². The second-order valence-electron chi connectivity index (χ2n) is 4.26. The van der Waals surface area contributed by atoms with Gasteiger partial charge in [-0.3, -0.25) is 0 Å². The number of carboxylic acid groups (broad SMARTS) is 1. The van der Waals surface area contributed by atoms with E-state index in [-0.39, 0.29) is 11.5 Å². The maximum Gasteiger partial charge on any atom is 0.347 e. The van der Waals surface area contributed by atoms with Crippen LogP contribution in [0.1, 0.15) is 42.1 Å². The molecule has 1 unspecified atom stereocenters. The quantitative estimate of drug-likeness (QED) is 0.826. The topological polar surface area (TPSA) is 62.7 Å². The van der Waals surface area contributed by atoms with Crippen molar-refractivity contribution in [3.05, 3.63) is 10.6 Å². The van der Waals surface area contributed by atoms with Crippen LogP contribution in [-0.4, -0.2) is 36.3 Å². The minimum atomic E-state index is -0.942. The van der Waals surface area contributed by atoms with Crippen LogP contribution in [0.2, 0.25) is 0 Å². The number of nitrogens with zero attached hydrogens (tertiary/aromatic N) is 2. The number of aromatic carboxylic acids is 1. The number of ether oxygens (including phenoxy) is 1. The largest absolute Gasteiger partial charge is 0.477 e. The molecule has 0 spiro atoms. The minimum absolute atomic E-state index is 0.230. The summed E-state index contributed by atoms with van der Waals surface area (Å²) in [5, 5.41) is 9.86. The highest BCUT2D eigenvalue weighted by Crippen LogP contribution is 2.28. The van der Waals surface area contributed by atoms with Gasteiger partial charge in [0.1, 0.15) is 4.88 Å². The zero-order valence-electron chi connectivity index (χ0n) is 11.3. The van der Waals surface area contributed by atoms with E-state index in [0.29, 0.717) is 11.7 Å². The zero-order valence-corrected chi connectivity index (χ0v) is 12.1. The van der Waals surface area contributed by atoms with E-state index < -0.39 is 5.97 Å². The summed E-state index contributed by atoms with van der Waals surface area (Å²) in [4.78, 5) is 17.8. The number of rotatable bonds is 7. The summed E-state index contributed by atoms with van der Waals surface area (Å²) >= 11 is 1.21. The molecule has 0 amide bonds. The number of thiazole rings is 1. The van der Waals surface area contributed by atoms with Crippen molar-refractivity contribution >= 4 is 22.4 Å². The lowest BCUT2D eigenvalue weighted by Gasteiger charge is -2.23. The van der Waals surface area contributed by atoms with Crippen molar-refractivity contribution in [2.75, 3.05) is 19.1 Å². The summed E-state index contributed by atoms with van der Waals surface area (Å²) < 4.78 is 4.98. The Morgan fingerprint density at radius 1 is 1.61 bits per heavy atom. The highest BCUT2D eigenvalue weighted by atomic mass is 32.1. The Morgan fingerprint density at radius 2 is 2.28 bits per heavy atom. The third-order valence-electron chi connectivity index (χ3n) is 2.83. The van der Waals surface area contributed by atoms with Gasteiger partial charge in [0.05, 0.1) is 12.3 Å². The summed E-state index contributed by atoms with van der Waals surface area (Å²) in [5.74, 6) is -0.942. The molecule has 0 aliphatic heterocycles. The Bertz CT molecular complexity index is 406. The normalized spacial score (nSPS) is 12.4. The third-order valence-corrected chi connectivity index (χ3v) is 4.01. The first-order valence-electron chi connectivity index (χ1n) is 5.96. The average Bonchev–Trinajstić information content (AvgIpc) is 2.73. The molecule has 0 aliphatic carbocycles. The number of anilines is 1. The highest BCUT2D eigenvalue weighted by molar-refractivity contribution is 7.17. The number of methoxy groups -OCH3 is 1. The molecule has 102 valence electrons. The predicted molar refractivity (Wildman–Crippen MR) is 72.6 cm³/mol. The van der Waals surface area contributed by atoms with Crippen LogP contribution in [0.25, 0.3) is 0 Å². The average molecular weight is 272 g/mol. The van der Waals surface area contributed by atoms with Gasteiger partial charge >= 0.3 is 5.97 Å². The fraction of sp³-hybridized carbons (Fsp3) is 0.667.